The Morgan fingerprint density at radius 3 is 2.91 bits per heavy atom. The van der Waals surface area contributed by atoms with Gasteiger partial charge in [-0.15, -0.1) is 0 Å². The zero-order chi connectivity index (χ0) is 16.1. The fourth-order valence-corrected chi connectivity index (χ4v) is 2.74. The third kappa shape index (κ3) is 4.91. The highest BCUT2D eigenvalue weighted by Crippen LogP contribution is 2.15. The van der Waals surface area contributed by atoms with Gasteiger partial charge in [0.1, 0.15) is 0 Å². The van der Waals surface area contributed by atoms with E-state index in [4.69, 9.17) is 11.6 Å². The van der Waals surface area contributed by atoms with E-state index < -0.39 is 0 Å². The van der Waals surface area contributed by atoms with E-state index in [1.807, 2.05) is 38.1 Å². The lowest BCUT2D eigenvalue weighted by molar-refractivity contribution is -0.127. The van der Waals surface area contributed by atoms with Crippen LogP contribution in [0.3, 0.4) is 0 Å². The van der Waals surface area contributed by atoms with E-state index in [1.165, 1.54) is 0 Å². The number of carbonyl (C=O) groups is 2. The third-order valence-corrected chi connectivity index (χ3v) is 3.76. The molecule has 22 heavy (non-hydrogen) atoms. The molecule has 1 saturated heterocycles. The normalized spacial score (nSPS) is 17.9. The molecular weight excluding hydrogens is 302 g/mol. The van der Waals surface area contributed by atoms with Crippen LogP contribution in [-0.2, 0) is 11.2 Å². The summed E-state index contributed by atoms with van der Waals surface area (Å²) in [6.07, 6.45) is 1.12. The Labute approximate surface area is 136 Å². The van der Waals surface area contributed by atoms with Crippen molar-refractivity contribution in [2.45, 2.75) is 38.8 Å². The zero-order valence-corrected chi connectivity index (χ0v) is 13.7. The molecule has 3 amide bonds. The van der Waals surface area contributed by atoms with Crippen molar-refractivity contribution < 1.29 is 9.59 Å². The molecule has 2 N–H and O–H groups in total. The Morgan fingerprint density at radius 1 is 1.45 bits per heavy atom. The second-order valence-electron chi connectivity index (χ2n) is 5.89. The van der Waals surface area contributed by atoms with Crippen molar-refractivity contribution in [1.29, 1.82) is 0 Å². The molecule has 0 spiro atoms. The molecule has 1 atom stereocenters. The van der Waals surface area contributed by atoms with Gasteiger partial charge in [0.25, 0.3) is 0 Å². The topological polar surface area (TPSA) is 61.4 Å². The molecule has 1 aromatic carbocycles. The van der Waals surface area contributed by atoms with Crippen molar-refractivity contribution in [3.63, 3.8) is 0 Å². The number of hydrogen-bond acceptors (Lipinski definition) is 2. The molecule has 1 unspecified atom stereocenters. The maximum Gasteiger partial charge on any atom is 0.315 e. The standard InChI is InChI=1S/C16H22ClN3O2/c1-11(2)18-16(22)19-14-9-15(21)20(10-14)7-6-12-4-3-5-13(17)8-12/h3-5,8,11,14H,6-7,9-10H2,1-2H3,(H2,18,19,22). The average Bonchev–Trinajstić information content (AvgIpc) is 2.75. The predicted octanol–water partition coefficient (Wildman–Crippen LogP) is 2.19. The molecule has 0 radical (unpaired) electrons. The number of carbonyl (C=O) groups excluding carboxylic acids is 2. The third-order valence-electron chi connectivity index (χ3n) is 3.53. The SMILES string of the molecule is CC(C)NC(=O)NC1CC(=O)N(CCc2cccc(Cl)c2)C1. The molecule has 120 valence electrons. The molecule has 1 aliphatic heterocycles. The Hall–Kier alpha value is -1.75. The first kappa shape index (κ1) is 16.6. The molecule has 1 aliphatic rings. The lowest BCUT2D eigenvalue weighted by Crippen LogP contribution is -2.45. The van der Waals surface area contributed by atoms with Crippen LogP contribution in [0.5, 0.6) is 0 Å². The van der Waals surface area contributed by atoms with Crippen LogP contribution in [0.15, 0.2) is 24.3 Å². The van der Waals surface area contributed by atoms with Crippen molar-refractivity contribution in [3.8, 4) is 0 Å². The Balaban J connectivity index is 1.81. The summed E-state index contributed by atoms with van der Waals surface area (Å²) < 4.78 is 0. The molecule has 5 nitrogen and oxygen atoms in total. The fraction of sp³-hybridized carbons (Fsp3) is 0.500. The van der Waals surface area contributed by atoms with Gasteiger partial charge in [-0.3, -0.25) is 4.79 Å². The summed E-state index contributed by atoms with van der Waals surface area (Å²) in [4.78, 5) is 25.5. The highest BCUT2D eigenvalue weighted by Gasteiger charge is 2.30. The van der Waals surface area contributed by atoms with Gasteiger partial charge in [0, 0.05) is 30.6 Å². The number of likely N-dealkylation sites (tertiary alicyclic amines) is 1. The number of urea groups is 1. The molecule has 2 rings (SSSR count). The van der Waals surface area contributed by atoms with E-state index in [0.717, 1.165) is 12.0 Å². The minimum Gasteiger partial charge on any atom is -0.340 e. The first-order valence-corrected chi connectivity index (χ1v) is 7.91. The predicted molar refractivity (Wildman–Crippen MR) is 86.9 cm³/mol. The number of nitrogens with zero attached hydrogens (tertiary/aromatic N) is 1. The average molecular weight is 324 g/mol. The van der Waals surface area contributed by atoms with Crippen molar-refractivity contribution in [2.75, 3.05) is 13.1 Å². The first-order chi connectivity index (χ1) is 10.4. The number of hydrogen-bond donors (Lipinski definition) is 2. The van der Waals surface area contributed by atoms with Crippen molar-refractivity contribution in [1.82, 2.24) is 15.5 Å². The number of benzene rings is 1. The van der Waals surface area contributed by atoms with Gasteiger partial charge in [0.05, 0.1) is 6.04 Å². The lowest BCUT2D eigenvalue weighted by atomic mass is 10.1. The molecular formula is C16H22ClN3O2. The summed E-state index contributed by atoms with van der Waals surface area (Å²) in [6, 6.07) is 7.39. The van der Waals surface area contributed by atoms with Crippen molar-refractivity contribution >= 4 is 23.5 Å². The van der Waals surface area contributed by atoms with Gasteiger partial charge >= 0.3 is 6.03 Å². The first-order valence-electron chi connectivity index (χ1n) is 7.53. The van der Waals surface area contributed by atoms with Crippen molar-refractivity contribution in [2.24, 2.45) is 0 Å². The summed E-state index contributed by atoms with van der Waals surface area (Å²) in [5, 5.41) is 6.32. The van der Waals surface area contributed by atoms with Crippen LogP contribution in [0, 0.1) is 0 Å². The smallest absolute Gasteiger partial charge is 0.315 e. The van der Waals surface area contributed by atoms with Gasteiger partial charge < -0.3 is 15.5 Å². The van der Waals surface area contributed by atoms with E-state index in [2.05, 4.69) is 10.6 Å². The molecule has 1 fully saturated rings. The van der Waals surface area contributed by atoms with E-state index in [9.17, 15) is 9.59 Å². The second-order valence-corrected chi connectivity index (χ2v) is 6.33. The van der Waals surface area contributed by atoms with Crippen LogP contribution in [-0.4, -0.2) is 42.0 Å². The number of rotatable bonds is 5. The Bertz CT molecular complexity index is 548. The Morgan fingerprint density at radius 2 is 2.23 bits per heavy atom. The molecule has 0 saturated carbocycles. The summed E-state index contributed by atoms with van der Waals surface area (Å²) in [5.41, 5.74) is 1.11. The molecule has 6 heteroatoms. The van der Waals surface area contributed by atoms with Gasteiger partial charge in [-0.2, -0.15) is 0 Å². The Kier molecular flexibility index (Phi) is 5.66. The fourth-order valence-electron chi connectivity index (χ4n) is 2.53. The van der Waals surface area contributed by atoms with Crippen LogP contribution < -0.4 is 10.6 Å². The van der Waals surface area contributed by atoms with E-state index >= 15 is 0 Å². The van der Waals surface area contributed by atoms with Gasteiger partial charge in [-0.25, -0.2) is 4.79 Å². The zero-order valence-electron chi connectivity index (χ0n) is 12.9. The monoisotopic (exact) mass is 323 g/mol. The van der Waals surface area contributed by atoms with E-state index in [1.54, 1.807) is 4.90 Å². The highest BCUT2D eigenvalue weighted by atomic mass is 35.5. The minimum absolute atomic E-state index is 0.0797. The molecule has 0 aromatic heterocycles. The summed E-state index contributed by atoms with van der Waals surface area (Å²) in [6.45, 7) is 5.00. The van der Waals surface area contributed by atoms with Crippen molar-refractivity contribution in [3.05, 3.63) is 34.9 Å². The maximum absolute atomic E-state index is 12.0. The van der Waals surface area contributed by atoms with Crippen LogP contribution in [0.1, 0.15) is 25.8 Å². The number of halogens is 1. The largest absolute Gasteiger partial charge is 0.340 e. The van der Waals surface area contributed by atoms with Crippen LogP contribution in [0.25, 0.3) is 0 Å². The van der Waals surface area contributed by atoms with Crippen LogP contribution >= 0.6 is 11.6 Å². The summed E-state index contributed by atoms with van der Waals surface area (Å²) in [7, 11) is 0. The van der Waals surface area contributed by atoms with E-state index in [0.29, 0.717) is 24.5 Å². The summed E-state index contributed by atoms with van der Waals surface area (Å²) >= 11 is 5.96. The molecule has 0 bridgehead atoms. The van der Waals surface area contributed by atoms with Gasteiger partial charge in [0.2, 0.25) is 5.91 Å². The van der Waals surface area contributed by atoms with E-state index in [-0.39, 0.29) is 24.0 Å². The second kappa shape index (κ2) is 7.49. The quantitative estimate of drug-likeness (QED) is 0.872. The summed E-state index contributed by atoms with van der Waals surface area (Å²) in [5.74, 6) is 0.0804. The molecule has 1 aromatic rings. The van der Waals surface area contributed by atoms with Gasteiger partial charge in [0.15, 0.2) is 0 Å². The lowest BCUT2D eigenvalue weighted by Gasteiger charge is -2.18. The number of nitrogens with one attached hydrogen (secondary N) is 2. The van der Waals surface area contributed by atoms with Gasteiger partial charge in [-0.05, 0) is 38.0 Å². The highest BCUT2D eigenvalue weighted by molar-refractivity contribution is 6.30. The minimum atomic E-state index is -0.218. The van der Waals surface area contributed by atoms with Crippen LogP contribution in [0.4, 0.5) is 4.79 Å². The van der Waals surface area contributed by atoms with Gasteiger partial charge in [-0.1, -0.05) is 23.7 Å². The molecule has 0 aliphatic carbocycles. The molecule has 1 heterocycles. The van der Waals surface area contributed by atoms with Crippen LogP contribution in [0.2, 0.25) is 5.02 Å². The maximum atomic E-state index is 12.0. The number of amides is 3.